The van der Waals surface area contributed by atoms with Crippen molar-refractivity contribution in [2.45, 2.75) is 96.3 Å². The summed E-state index contributed by atoms with van der Waals surface area (Å²) >= 11 is 1.34. The first-order valence-electron chi connectivity index (χ1n) is 13.0. The average molecular weight is 516 g/mol. The van der Waals surface area contributed by atoms with E-state index in [9.17, 15) is 19.5 Å². The van der Waals surface area contributed by atoms with Crippen LogP contribution in [0, 0.1) is 12.8 Å². The number of thioether (sulfide) groups is 1. The van der Waals surface area contributed by atoms with Crippen LogP contribution in [-0.4, -0.2) is 38.3 Å². The molecule has 1 amide bonds. The number of aromatic nitrogens is 2. The molecule has 0 spiro atoms. The highest BCUT2D eigenvalue weighted by Gasteiger charge is 2.22. The van der Waals surface area contributed by atoms with Crippen LogP contribution >= 0.6 is 11.8 Å². The van der Waals surface area contributed by atoms with Crippen LogP contribution in [0.4, 0.5) is 5.69 Å². The van der Waals surface area contributed by atoms with Crippen molar-refractivity contribution in [3.63, 3.8) is 0 Å². The summed E-state index contributed by atoms with van der Waals surface area (Å²) < 4.78 is 1.47. The number of carbonyl (C=O) groups excluding carboxylic acids is 1. The standard InChI is InChI=1S/C28H41N3O4S/c1-6-8-9-10-11-16-30(27(33)19-31-25(7-2)29-21(5)18-26(31)32)22-12-14-23(15-13-22)36-24(28(34)35)17-20(3)4/h12-15,18,20,24H,6-11,16-17,19H2,1-5H3,(H,34,35)/t24-/m0/s1. The molecular weight excluding hydrogens is 474 g/mol. The predicted octanol–water partition coefficient (Wildman–Crippen LogP) is 5.71. The Morgan fingerprint density at radius 2 is 1.75 bits per heavy atom. The van der Waals surface area contributed by atoms with Gasteiger partial charge in [-0.1, -0.05) is 53.4 Å². The van der Waals surface area contributed by atoms with Crippen LogP contribution in [0.3, 0.4) is 0 Å². The Balaban J connectivity index is 2.25. The molecule has 0 radical (unpaired) electrons. The highest BCUT2D eigenvalue weighted by Crippen LogP contribution is 2.30. The smallest absolute Gasteiger partial charge is 0.316 e. The monoisotopic (exact) mass is 515 g/mol. The maximum absolute atomic E-state index is 13.5. The molecule has 1 aromatic heterocycles. The van der Waals surface area contributed by atoms with Crippen LogP contribution in [0.1, 0.15) is 77.7 Å². The van der Waals surface area contributed by atoms with Gasteiger partial charge in [-0.25, -0.2) is 4.98 Å². The van der Waals surface area contributed by atoms with Crippen molar-refractivity contribution in [3.8, 4) is 0 Å². The van der Waals surface area contributed by atoms with Gasteiger partial charge in [-0.3, -0.25) is 19.0 Å². The molecule has 0 saturated heterocycles. The number of aliphatic carboxylic acids is 1. The molecule has 7 nitrogen and oxygen atoms in total. The maximum atomic E-state index is 13.5. The van der Waals surface area contributed by atoms with Crippen LogP contribution in [0.25, 0.3) is 0 Å². The topological polar surface area (TPSA) is 92.5 Å². The van der Waals surface area contributed by atoms with E-state index in [0.29, 0.717) is 30.9 Å². The van der Waals surface area contributed by atoms with E-state index in [2.05, 4.69) is 11.9 Å². The van der Waals surface area contributed by atoms with Crippen molar-refractivity contribution >= 4 is 29.3 Å². The summed E-state index contributed by atoms with van der Waals surface area (Å²) in [6.45, 7) is 10.4. The molecular formula is C28H41N3O4S. The molecule has 1 aromatic carbocycles. The Hall–Kier alpha value is -2.61. The fraction of sp³-hybridized carbons (Fsp3) is 0.571. The number of nitrogens with zero attached hydrogens (tertiary/aromatic N) is 3. The second kappa shape index (κ2) is 14.8. The van der Waals surface area contributed by atoms with E-state index in [1.807, 2.05) is 45.0 Å². The van der Waals surface area contributed by atoms with Gasteiger partial charge < -0.3 is 10.0 Å². The lowest BCUT2D eigenvalue weighted by molar-refractivity contribution is -0.136. The zero-order valence-corrected chi connectivity index (χ0v) is 23.1. The highest BCUT2D eigenvalue weighted by molar-refractivity contribution is 8.00. The molecule has 0 aliphatic carbocycles. The molecule has 0 aliphatic heterocycles. The lowest BCUT2D eigenvalue weighted by Gasteiger charge is -2.24. The van der Waals surface area contributed by atoms with Crippen molar-refractivity contribution in [1.29, 1.82) is 0 Å². The average Bonchev–Trinajstić information content (AvgIpc) is 2.82. The second-order valence-electron chi connectivity index (χ2n) is 9.62. The predicted molar refractivity (Wildman–Crippen MR) is 147 cm³/mol. The Kier molecular flexibility index (Phi) is 12.2. The van der Waals surface area contributed by atoms with E-state index in [4.69, 9.17) is 0 Å². The van der Waals surface area contributed by atoms with Gasteiger partial charge in [0.25, 0.3) is 5.56 Å². The van der Waals surface area contributed by atoms with Crippen LogP contribution in [0.2, 0.25) is 0 Å². The summed E-state index contributed by atoms with van der Waals surface area (Å²) in [5, 5.41) is 9.06. The van der Waals surface area contributed by atoms with Gasteiger partial charge in [-0.05, 0) is 49.9 Å². The normalized spacial score (nSPS) is 12.1. The summed E-state index contributed by atoms with van der Waals surface area (Å²) in [4.78, 5) is 44.8. The minimum Gasteiger partial charge on any atom is -0.480 e. The van der Waals surface area contributed by atoms with Crippen LogP contribution in [0.5, 0.6) is 0 Å². The van der Waals surface area contributed by atoms with Crippen LogP contribution in [0.15, 0.2) is 40.0 Å². The number of unbranched alkanes of at least 4 members (excludes halogenated alkanes) is 4. The third-order valence-electron chi connectivity index (χ3n) is 6.00. The number of aryl methyl sites for hydroxylation is 2. The Bertz CT molecular complexity index is 1050. The van der Waals surface area contributed by atoms with Gasteiger partial charge >= 0.3 is 5.97 Å². The second-order valence-corrected chi connectivity index (χ2v) is 10.9. The molecule has 1 heterocycles. The molecule has 1 atom stereocenters. The van der Waals surface area contributed by atoms with Crippen LogP contribution in [-0.2, 0) is 22.6 Å². The number of rotatable bonds is 15. The van der Waals surface area contributed by atoms with Gasteiger partial charge in [0.05, 0.1) is 0 Å². The largest absolute Gasteiger partial charge is 0.480 e. The molecule has 2 aromatic rings. The molecule has 2 rings (SSSR count). The van der Waals surface area contributed by atoms with Crippen molar-refractivity contribution in [2.24, 2.45) is 5.92 Å². The Labute approximate surface area is 219 Å². The fourth-order valence-corrected chi connectivity index (χ4v) is 5.31. The first-order valence-corrected chi connectivity index (χ1v) is 13.9. The molecule has 0 unspecified atom stereocenters. The molecule has 0 fully saturated rings. The molecule has 0 saturated carbocycles. The number of anilines is 1. The van der Waals surface area contributed by atoms with Gasteiger partial charge in [0.1, 0.15) is 17.6 Å². The zero-order chi connectivity index (χ0) is 26.7. The third kappa shape index (κ3) is 9.12. The number of hydrogen-bond acceptors (Lipinski definition) is 5. The quantitative estimate of drug-likeness (QED) is 0.241. The SMILES string of the molecule is CCCCCCCN(C(=O)Cn1c(CC)nc(C)cc1=O)c1ccc(S[C@@H](CC(C)C)C(=O)O)cc1. The number of amides is 1. The number of hydrogen-bond donors (Lipinski definition) is 1. The molecule has 198 valence electrons. The van der Waals surface area contributed by atoms with Crippen molar-refractivity contribution in [2.75, 3.05) is 11.4 Å². The van der Waals surface area contributed by atoms with E-state index < -0.39 is 11.2 Å². The molecule has 0 bridgehead atoms. The number of carboxylic acids is 1. The van der Waals surface area contributed by atoms with E-state index in [-0.39, 0.29) is 23.9 Å². The summed E-state index contributed by atoms with van der Waals surface area (Å²) in [6, 6.07) is 8.97. The Morgan fingerprint density at radius 3 is 2.33 bits per heavy atom. The molecule has 1 N–H and O–H groups in total. The van der Waals surface area contributed by atoms with E-state index in [1.54, 1.807) is 11.8 Å². The summed E-state index contributed by atoms with van der Waals surface area (Å²) in [5.74, 6) is -0.0821. The minimum atomic E-state index is -0.814. The lowest BCUT2D eigenvalue weighted by Crippen LogP contribution is -2.38. The number of benzene rings is 1. The van der Waals surface area contributed by atoms with Crippen molar-refractivity contribution < 1.29 is 14.7 Å². The van der Waals surface area contributed by atoms with Crippen molar-refractivity contribution in [3.05, 3.63) is 52.2 Å². The van der Waals surface area contributed by atoms with E-state index in [1.165, 1.54) is 28.8 Å². The summed E-state index contributed by atoms with van der Waals surface area (Å²) in [6.07, 6.45) is 6.51. The van der Waals surface area contributed by atoms with Crippen molar-refractivity contribution in [1.82, 2.24) is 9.55 Å². The third-order valence-corrected chi connectivity index (χ3v) is 7.22. The zero-order valence-electron chi connectivity index (χ0n) is 22.3. The molecule has 0 aliphatic rings. The van der Waals surface area contributed by atoms with Gasteiger partial charge in [0.15, 0.2) is 0 Å². The van der Waals surface area contributed by atoms with E-state index in [0.717, 1.165) is 36.3 Å². The lowest BCUT2D eigenvalue weighted by atomic mass is 10.1. The number of carboxylic acid groups (broad SMARTS) is 1. The van der Waals surface area contributed by atoms with Gasteiger partial charge in [0, 0.05) is 35.3 Å². The van der Waals surface area contributed by atoms with Gasteiger partial charge in [-0.2, -0.15) is 0 Å². The summed E-state index contributed by atoms with van der Waals surface area (Å²) in [5.41, 5.74) is 1.19. The van der Waals surface area contributed by atoms with Gasteiger partial charge in [0.2, 0.25) is 5.91 Å². The summed E-state index contributed by atoms with van der Waals surface area (Å²) in [7, 11) is 0. The fourth-order valence-electron chi connectivity index (χ4n) is 4.11. The first-order chi connectivity index (χ1) is 17.2. The minimum absolute atomic E-state index is 0.0593. The van der Waals surface area contributed by atoms with Crippen LogP contribution < -0.4 is 10.5 Å². The maximum Gasteiger partial charge on any atom is 0.316 e. The Morgan fingerprint density at radius 1 is 1.08 bits per heavy atom. The number of carbonyl (C=O) groups is 2. The highest BCUT2D eigenvalue weighted by atomic mass is 32.2. The first kappa shape index (κ1) is 29.6. The molecule has 36 heavy (non-hydrogen) atoms. The van der Waals surface area contributed by atoms with E-state index >= 15 is 0 Å². The molecule has 8 heteroatoms. The van der Waals surface area contributed by atoms with Gasteiger partial charge in [-0.15, -0.1) is 11.8 Å².